The van der Waals surface area contributed by atoms with E-state index >= 15 is 0 Å². The van der Waals surface area contributed by atoms with Gasteiger partial charge in [0.25, 0.3) is 8.32 Å². The topological polar surface area (TPSA) is 26.3 Å². The number of carbonyl (C=O) groups excluding carboxylic acids is 1. The third-order valence-electron chi connectivity index (χ3n) is 6.31. The number of benzene rings is 2. The quantitative estimate of drug-likeness (QED) is 0.201. The molecule has 0 unspecified atom stereocenters. The number of aldehydes is 1. The number of hydrogen-bond donors (Lipinski definition) is 0. The van der Waals surface area contributed by atoms with Crippen molar-refractivity contribution in [2.45, 2.75) is 64.0 Å². The molecule has 2 aromatic rings. The van der Waals surface area contributed by atoms with Crippen LogP contribution in [0.3, 0.4) is 0 Å². The Balaban J connectivity index is 2.01. The van der Waals surface area contributed by atoms with Crippen LogP contribution >= 0.6 is 0 Å². The lowest BCUT2D eigenvalue weighted by Gasteiger charge is -2.45. The Labute approximate surface area is 194 Å². The number of allylic oxidation sites excluding steroid dienone is 4. The second-order valence-corrected chi connectivity index (χ2v) is 13.8. The Kier molecular flexibility index (Phi) is 8.22. The summed E-state index contributed by atoms with van der Waals surface area (Å²) < 4.78 is 7.20. The molecule has 168 valence electrons. The molecule has 0 heterocycles. The molecule has 0 radical (unpaired) electrons. The van der Waals surface area contributed by atoms with E-state index in [1.54, 1.807) is 0 Å². The van der Waals surface area contributed by atoms with E-state index in [1.165, 1.54) is 10.4 Å². The fraction of sp³-hybridized carbons (Fsp3) is 0.345. The standard InChI is InChI=1S/C29H36O2Si/c1-5-6-7-10-15-24-20-21-26(22-25(24)23-30)31-32(29(2,3)4,27-16-11-8-12-17-27)28-18-13-9-14-19-28/h5,8-9,11-19,22-23,26H,1,6-7,10,20-21H2,2-4H3/b24-15+/t26-/m0/s1. The van der Waals surface area contributed by atoms with E-state index in [9.17, 15) is 4.79 Å². The molecule has 0 bridgehead atoms. The first-order chi connectivity index (χ1) is 15.4. The van der Waals surface area contributed by atoms with Crippen LogP contribution in [0.25, 0.3) is 0 Å². The highest BCUT2D eigenvalue weighted by molar-refractivity contribution is 6.99. The Bertz CT molecular complexity index is 912. The van der Waals surface area contributed by atoms with Gasteiger partial charge in [0.05, 0.1) is 6.10 Å². The summed E-state index contributed by atoms with van der Waals surface area (Å²) in [6.07, 6.45) is 12.0. The van der Waals surface area contributed by atoms with Gasteiger partial charge in [-0.2, -0.15) is 0 Å². The van der Waals surface area contributed by atoms with Gasteiger partial charge in [-0.25, -0.2) is 0 Å². The molecule has 0 aliphatic heterocycles. The van der Waals surface area contributed by atoms with Gasteiger partial charge in [-0.15, -0.1) is 6.58 Å². The molecule has 0 spiro atoms. The summed E-state index contributed by atoms with van der Waals surface area (Å²) in [5, 5.41) is 2.46. The van der Waals surface area contributed by atoms with Crippen LogP contribution in [-0.4, -0.2) is 20.7 Å². The molecule has 1 aliphatic carbocycles. The lowest BCUT2D eigenvalue weighted by atomic mass is 9.91. The van der Waals surface area contributed by atoms with Crippen molar-refractivity contribution in [2.75, 3.05) is 0 Å². The van der Waals surface area contributed by atoms with Gasteiger partial charge in [-0.3, -0.25) is 4.79 Å². The van der Waals surface area contributed by atoms with Crippen LogP contribution in [0.15, 0.2) is 96.6 Å². The van der Waals surface area contributed by atoms with Crippen LogP contribution in [-0.2, 0) is 9.22 Å². The highest BCUT2D eigenvalue weighted by Crippen LogP contribution is 2.39. The first kappa shape index (κ1) is 24.2. The third kappa shape index (κ3) is 5.28. The zero-order valence-electron chi connectivity index (χ0n) is 19.7. The molecule has 0 saturated carbocycles. The molecule has 2 aromatic carbocycles. The Hall–Kier alpha value is -2.49. The molecule has 1 aliphatic rings. The Morgan fingerprint density at radius 3 is 2.09 bits per heavy atom. The minimum Gasteiger partial charge on any atom is -0.401 e. The summed E-state index contributed by atoms with van der Waals surface area (Å²) >= 11 is 0. The lowest BCUT2D eigenvalue weighted by Crippen LogP contribution is -2.67. The predicted octanol–water partition coefficient (Wildman–Crippen LogP) is 6.13. The van der Waals surface area contributed by atoms with E-state index in [0.29, 0.717) is 0 Å². The lowest BCUT2D eigenvalue weighted by molar-refractivity contribution is -0.104. The van der Waals surface area contributed by atoms with Crippen molar-refractivity contribution in [3.8, 4) is 0 Å². The molecule has 32 heavy (non-hydrogen) atoms. The van der Waals surface area contributed by atoms with Gasteiger partial charge < -0.3 is 4.43 Å². The molecule has 1 atom stereocenters. The van der Waals surface area contributed by atoms with E-state index in [4.69, 9.17) is 4.43 Å². The summed E-state index contributed by atoms with van der Waals surface area (Å²) in [4.78, 5) is 11.9. The number of rotatable bonds is 9. The zero-order chi connectivity index (χ0) is 23.0. The van der Waals surface area contributed by atoms with Crippen molar-refractivity contribution < 1.29 is 9.22 Å². The predicted molar refractivity (Wildman–Crippen MR) is 138 cm³/mol. The van der Waals surface area contributed by atoms with Crippen LogP contribution in [0, 0.1) is 0 Å². The monoisotopic (exact) mass is 444 g/mol. The van der Waals surface area contributed by atoms with Crippen molar-refractivity contribution in [3.63, 3.8) is 0 Å². The molecule has 3 rings (SSSR count). The van der Waals surface area contributed by atoms with Crippen molar-refractivity contribution in [3.05, 3.63) is 96.6 Å². The van der Waals surface area contributed by atoms with Gasteiger partial charge in [0.1, 0.15) is 6.29 Å². The smallest absolute Gasteiger partial charge is 0.261 e. The molecule has 3 heteroatoms. The largest absolute Gasteiger partial charge is 0.401 e. The van der Waals surface area contributed by atoms with Crippen LogP contribution in [0.5, 0.6) is 0 Å². The summed E-state index contributed by atoms with van der Waals surface area (Å²) in [6.45, 7) is 10.7. The first-order valence-electron chi connectivity index (χ1n) is 11.7. The van der Waals surface area contributed by atoms with Crippen LogP contribution in [0.4, 0.5) is 0 Å². The maximum atomic E-state index is 11.9. The van der Waals surface area contributed by atoms with E-state index in [1.807, 2.05) is 6.08 Å². The van der Waals surface area contributed by atoms with E-state index in [0.717, 1.165) is 49.5 Å². The molecule has 2 nitrogen and oxygen atoms in total. The van der Waals surface area contributed by atoms with Crippen molar-refractivity contribution in [1.82, 2.24) is 0 Å². The number of unbranched alkanes of at least 4 members (excludes halogenated alkanes) is 2. The minimum absolute atomic E-state index is 0.0770. The molecule has 0 saturated heterocycles. The summed E-state index contributed by atoms with van der Waals surface area (Å²) in [6, 6.07) is 21.4. The highest BCUT2D eigenvalue weighted by Gasteiger charge is 2.51. The normalized spacial score (nSPS) is 18.3. The molecule has 0 aromatic heterocycles. The van der Waals surface area contributed by atoms with Gasteiger partial charge in [0, 0.05) is 5.57 Å². The first-order valence-corrected chi connectivity index (χ1v) is 13.6. The van der Waals surface area contributed by atoms with Gasteiger partial charge in [0.15, 0.2) is 0 Å². The molecule has 0 amide bonds. The van der Waals surface area contributed by atoms with Crippen molar-refractivity contribution in [2.24, 2.45) is 0 Å². The highest BCUT2D eigenvalue weighted by atomic mass is 28.4. The van der Waals surface area contributed by atoms with E-state index in [-0.39, 0.29) is 11.1 Å². The fourth-order valence-electron chi connectivity index (χ4n) is 4.72. The number of carbonyl (C=O) groups is 1. The average Bonchev–Trinajstić information content (AvgIpc) is 2.81. The third-order valence-corrected chi connectivity index (χ3v) is 11.4. The maximum Gasteiger partial charge on any atom is 0.261 e. The van der Waals surface area contributed by atoms with E-state index in [2.05, 4.69) is 100 Å². The summed E-state index contributed by atoms with van der Waals surface area (Å²) in [5.41, 5.74) is 1.95. The molecule has 0 fully saturated rings. The second kappa shape index (κ2) is 10.9. The van der Waals surface area contributed by atoms with Crippen LogP contribution in [0.2, 0.25) is 5.04 Å². The summed E-state index contributed by atoms with van der Waals surface area (Å²) in [5.74, 6) is 0. The van der Waals surface area contributed by atoms with Gasteiger partial charge in [-0.1, -0.05) is 93.6 Å². The summed E-state index contributed by atoms with van der Waals surface area (Å²) in [7, 11) is -2.63. The zero-order valence-corrected chi connectivity index (χ0v) is 20.7. The van der Waals surface area contributed by atoms with Crippen LogP contribution in [0.1, 0.15) is 52.9 Å². The minimum atomic E-state index is -2.63. The van der Waals surface area contributed by atoms with Crippen molar-refractivity contribution >= 4 is 25.0 Å². The van der Waals surface area contributed by atoms with Gasteiger partial charge in [-0.05, 0) is 59.2 Å². The molecule has 0 N–H and O–H groups in total. The maximum absolute atomic E-state index is 11.9. The Morgan fingerprint density at radius 2 is 1.59 bits per heavy atom. The SMILES string of the molecule is C=CCCC/C=C1\CC[C@H](O[Si](c2ccccc2)(c2ccccc2)C(C)(C)C)C=C1C=O. The van der Waals surface area contributed by atoms with Gasteiger partial charge >= 0.3 is 0 Å². The molecular weight excluding hydrogens is 408 g/mol. The average molecular weight is 445 g/mol. The second-order valence-electron chi connectivity index (χ2n) is 9.55. The van der Waals surface area contributed by atoms with Crippen LogP contribution < -0.4 is 10.4 Å². The molecular formula is C29H36O2Si. The van der Waals surface area contributed by atoms with Crippen molar-refractivity contribution in [1.29, 1.82) is 0 Å². The number of hydrogen-bond acceptors (Lipinski definition) is 2. The fourth-order valence-corrected chi connectivity index (χ4v) is 9.37. The van der Waals surface area contributed by atoms with Gasteiger partial charge in [0.2, 0.25) is 0 Å². The Morgan fingerprint density at radius 1 is 1.00 bits per heavy atom. The van der Waals surface area contributed by atoms with E-state index < -0.39 is 8.32 Å².